The highest BCUT2D eigenvalue weighted by Gasteiger charge is 2.34. The molecule has 3 nitrogen and oxygen atoms in total. The van der Waals surface area contributed by atoms with Gasteiger partial charge in [0.1, 0.15) is 0 Å². The summed E-state index contributed by atoms with van der Waals surface area (Å²) in [5, 5.41) is 6.93. The van der Waals surface area contributed by atoms with Gasteiger partial charge in [-0.2, -0.15) is 18.3 Å². The molecule has 0 saturated carbocycles. The van der Waals surface area contributed by atoms with E-state index in [4.69, 9.17) is 0 Å². The van der Waals surface area contributed by atoms with Crippen LogP contribution < -0.4 is 5.32 Å². The number of halogens is 3. The zero-order valence-corrected chi connectivity index (χ0v) is 9.72. The van der Waals surface area contributed by atoms with Gasteiger partial charge in [-0.25, -0.2) is 0 Å². The predicted molar refractivity (Wildman–Crippen MR) is 57.6 cm³/mol. The van der Waals surface area contributed by atoms with E-state index in [1.54, 1.807) is 0 Å². The van der Waals surface area contributed by atoms with Crippen molar-refractivity contribution in [2.24, 2.45) is 0 Å². The first-order valence-corrected chi connectivity index (χ1v) is 5.88. The molecule has 0 spiro atoms. The molecule has 1 saturated heterocycles. The van der Waals surface area contributed by atoms with E-state index in [2.05, 4.69) is 10.4 Å². The van der Waals surface area contributed by atoms with E-state index in [0.717, 1.165) is 25.5 Å². The van der Waals surface area contributed by atoms with Crippen LogP contribution in [0.3, 0.4) is 0 Å². The third-order valence-electron chi connectivity index (χ3n) is 3.07. The van der Waals surface area contributed by atoms with Crippen LogP contribution in [0.15, 0.2) is 6.07 Å². The predicted octanol–water partition coefficient (Wildman–Crippen LogP) is 2.22. The Hall–Kier alpha value is -1.04. The van der Waals surface area contributed by atoms with Crippen molar-refractivity contribution in [2.45, 2.75) is 44.9 Å². The zero-order chi connectivity index (χ0) is 12.5. The molecule has 0 aromatic carbocycles. The fourth-order valence-corrected chi connectivity index (χ4v) is 2.16. The van der Waals surface area contributed by atoms with Gasteiger partial charge in [0.2, 0.25) is 0 Å². The zero-order valence-electron chi connectivity index (χ0n) is 9.72. The summed E-state index contributed by atoms with van der Waals surface area (Å²) in [6, 6.07) is 1.40. The molecule has 0 unspecified atom stereocenters. The van der Waals surface area contributed by atoms with Gasteiger partial charge in [-0.05, 0) is 31.9 Å². The maximum absolute atomic E-state index is 12.5. The minimum atomic E-state index is -4.35. The van der Waals surface area contributed by atoms with Gasteiger partial charge in [0, 0.05) is 11.7 Å². The summed E-state index contributed by atoms with van der Waals surface area (Å²) >= 11 is 0. The van der Waals surface area contributed by atoms with Crippen molar-refractivity contribution in [3.8, 4) is 0 Å². The third-order valence-corrected chi connectivity index (χ3v) is 3.07. The smallest absolute Gasteiger partial charge is 0.312 e. The molecule has 1 aromatic heterocycles. The first-order valence-electron chi connectivity index (χ1n) is 5.88. The Balaban J connectivity index is 2.17. The number of alkyl halides is 3. The second kappa shape index (κ2) is 4.68. The van der Waals surface area contributed by atoms with E-state index >= 15 is 0 Å². The molecule has 0 amide bonds. The lowest BCUT2D eigenvalue weighted by Gasteiger charge is -2.12. The SMILES string of the molecule is CCc1cc(C(F)(F)F)nn1C[C@H]1CCCN1. The average molecular weight is 247 g/mol. The number of nitrogens with zero attached hydrogens (tertiary/aromatic N) is 2. The molecule has 1 aromatic rings. The Labute approximate surface area is 98.0 Å². The van der Waals surface area contributed by atoms with E-state index in [1.165, 1.54) is 4.68 Å². The summed E-state index contributed by atoms with van der Waals surface area (Å²) in [6.45, 7) is 3.31. The van der Waals surface area contributed by atoms with E-state index in [9.17, 15) is 13.2 Å². The molecule has 1 atom stereocenters. The first-order chi connectivity index (χ1) is 8.00. The Morgan fingerprint density at radius 2 is 2.29 bits per heavy atom. The quantitative estimate of drug-likeness (QED) is 0.887. The van der Waals surface area contributed by atoms with Gasteiger partial charge in [0.25, 0.3) is 0 Å². The van der Waals surface area contributed by atoms with Crippen LogP contribution in [0.25, 0.3) is 0 Å². The van der Waals surface area contributed by atoms with Crippen molar-refractivity contribution >= 4 is 0 Å². The number of aryl methyl sites for hydroxylation is 1. The summed E-state index contributed by atoms with van der Waals surface area (Å²) in [4.78, 5) is 0. The molecule has 2 heterocycles. The highest BCUT2D eigenvalue weighted by Crippen LogP contribution is 2.28. The van der Waals surface area contributed by atoms with Crippen molar-refractivity contribution in [3.63, 3.8) is 0 Å². The molecule has 1 fully saturated rings. The Kier molecular flexibility index (Phi) is 3.42. The lowest BCUT2D eigenvalue weighted by molar-refractivity contribution is -0.141. The van der Waals surface area contributed by atoms with Crippen LogP contribution >= 0.6 is 0 Å². The van der Waals surface area contributed by atoms with Crippen LogP contribution in [0, 0.1) is 0 Å². The van der Waals surface area contributed by atoms with Gasteiger partial charge in [-0.1, -0.05) is 6.92 Å². The van der Waals surface area contributed by atoms with Crippen molar-refractivity contribution in [2.75, 3.05) is 6.54 Å². The van der Waals surface area contributed by atoms with Crippen LogP contribution in [-0.4, -0.2) is 22.4 Å². The lowest BCUT2D eigenvalue weighted by Crippen LogP contribution is -2.28. The van der Waals surface area contributed by atoms with Gasteiger partial charge < -0.3 is 5.32 Å². The molecule has 6 heteroatoms. The fourth-order valence-electron chi connectivity index (χ4n) is 2.16. The molecule has 1 N–H and O–H groups in total. The van der Waals surface area contributed by atoms with Crippen LogP contribution in [-0.2, 0) is 19.1 Å². The summed E-state index contributed by atoms with van der Waals surface area (Å²) in [5.41, 5.74) is -0.140. The van der Waals surface area contributed by atoms with Crippen molar-refractivity contribution < 1.29 is 13.2 Å². The maximum atomic E-state index is 12.5. The van der Waals surface area contributed by atoms with Gasteiger partial charge >= 0.3 is 6.18 Å². The molecule has 0 bridgehead atoms. The summed E-state index contributed by atoms with van der Waals surface area (Å²) in [5.74, 6) is 0. The molecular formula is C11H16F3N3. The highest BCUT2D eigenvalue weighted by molar-refractivity contribution is 5.13. The van der Waals surface area contributed by atoms with Gasteiger partial charge in [0.05, 0.1) is 6.54 Å². The molecule has 1 aliphatic heterocycles. The molecular weight excluding hydrogens is 231 g/mol. The minimum absolute atomic E-state index is 0.251. The topological polar surface area (TPSA) is 29.9 Å². The highest BCUT2D eigenvalue weighted by atomic mass is 19.4. The Bertz CT molecular complexity index is 378. The largest absolute Gasteiger partial charge is 0.435 e. The van der Waals surface area contributed by atoms with E-state index in [-0.39, 0.29) is 6.04 Å². The summed E-state index contributed by atoms with van der Waals surface area (Å²) in [6.07, 6.45) is -1.70. The van der Waals surface area contributed by atoms with Crippen LogP contribution in [0.5, 0.6) is 0 Å². The summed E-state index contributed by atoms with van der Waals surface area (Å²) < 4.78 is 39.1. The molecule has 96 valence electrons. The molecule has 0 radical (unpaired) electrons. The standard InChI is InChI=1S/C11H16F3N3/c1-2-9-6-10(11(12,13)14)16-17(9)7-8-4-3-5-15-8/h6,8,15H,2-5,7H2,1H3/t8-/m1/s1. The van der Waals surface area contributed by atoms with Gasteiger partial charge in [-0.3, -0.25) is 4.68 Å². The molecule has 2 rings (SSSR count). The van der Waals surface area contributed by atoms with Gasteiger partial charge in [-0.15, -0.1) is 0 Å². The second-order valence-corrected chi connectivity index (χ2v) is 4.35. The van der Waals surface area contributed by atoms with Gasteiger partial charge in [0.15, 0.2) is 5.69 Å². The third kappa shape index (κ3) is 2.80. The first kappa shape index (κ1) is 12.4. The van der Waals surface area contributed by atoms with Crippen LogP contribution in [0.2, 0.25) is 0 Å². The second-order valence-electron chi connectivity index (χ2n) is 4.35. The van der Waals surface area contributed by atoms with E-state index < -0.39 is 11.9 Å². The van der Waals surface area contributed by atoms with Crippen molar-refractivity contribution in [1.29, 1.82) is 0 Å². The monoisotopic (exact) mass is 247 g/mol. The molecule has 17 heavy (non-hydrogen) atoms. The van der Waals surface area contributed by atoms with Crippen molar-refractivity contribution in [3.05, 3.63) is 17.5 Å². The number of aromatic nitrogens is 2. The van der Waals surface area contributed by atoms with E-state index in [1.807, 2.05) is 6.92 Å². The molecule has 0 aliphatic carbocycles. The van der Waals surface area contributed by atoms with Crippen LogP contribution in [0.1, 0.15) is 31.2 Å². The number of hydrogen-bond donors (Lipinski definition) is 1. The summed E-state index contributed by atoms with van der Waals surface area (Å²) in [7, 11) is 0. The fraction of sp³-hybridized carbons (Fsp3) is 0.727. The maximum Gasteiger partial charge on any atom is 0.435 e. The lowest BCUT2D eigenvalue weighted by atomic mass is 10.2. The van der Waals surface area contributed by atoms with Crippen molar-refractivity contribution in [1.82, 2.24) is 15.1 Å². The molecule has 1 aliphatic rings. The average Bonchev–Trinajstić information content (AvgIpc) is 2.86. The number of rotatable bonds is 3. The number of hydrogen-bond acceptors (Lipinski definition) is 2. The normalized spacial score (nSPS) is 21.1. The number of nitrogens with one attached hydrogen (secondary N) is 1. The Morgan fingerprint density at radius 3 is 2.82 bits per heavy atom. The Morgan fingerprint density at radius 1 is 1.53 bits per heavy atom. The minimum Gasteiger partial charge on any atom is -0.312 e. The van der Waals surface area contributed by atoms with Crippen LogP contribution in [0.4, 0.5) is 13.2 Å². The van der Waals surface area contributed by atoms with E-state index in [0.29, 0.717) is 18.7 Å².